The molecule has 2 heterocycles. The molecule has 0 aliphatic heterocycles. The van der Waals surface area contributed by atoms with Gasteiger partial charge in [-0.2, -0.15) is 26.3 Å². The number of carbonyl (C=O) groups is 2. The van der Waals surface area contributed by atoms with Gasteiger partial charge in [0.2, 0.25) is 5.91 Å². The van der Waals surface area contributed by atoms with Gasteiger partial charge in [0.05, 0.1) is 39.9 Å². The maximum absolute atomic E-state index is 13.4. The maximum Gasteiger partial charge on any atom is 0.416 e. The van der Waals surface area contributed by atoms with E-state index in [1.807, 2.05) is 0 Å². The molecule has 13 heteroatoms. The molecule has 0 aliphatic rings. The fraction of sp³-hybridized carbons (Fsp3) is 0.174. The Labute approximate surface area is 197 Å². The van der Waals surface area contributed by atoms with Gasteiger partial charge in [0.15, 0.2) is 6.61 Å². The zero-order chi connectivity index (χ0) is 26.4. The van der Waals surface area contributed by atoms with E-state index in [4.69, 9.17) is 15.6 Å². The summed E-state index contributed by atoms with van der Waals surface area (Å²) in [5, 5.41) is 9.34. The average Bonchev–Trinajstić information content (AvgIpc) is 3.10. The predicted molar refractivity (Wildman–Crippen MR) is 114 cm³/mol. The summed E-state index contributed by atoms with van der Waals surface area (Å²) in [5.41, 5.74) is 2.61. The highest BCUT2D eigenvalue weighted by atomic mass is 19.4. The molecule has 7 nitrogen and oxygen atoms in total. The molecule has 2 aromatic carbocycles. The number of benzene rings is 2. The number of halogens is 6. The Bertz CT molecular complexity index is 1480. The fourth-order valence-electron chi connectivity index (χ4n) is 3.96. The summed E-state index contributed by atoms with van der Waals surface area (Å²) in [6.07, 6.45) is -7.62. The lowest BCUT2D eigenvalue weighted by Crippen LogP contribution is -2.13. The standard InChI is InChI=1S/C23H15F6N3O4/c24-22(25,26)12-4-11(5-13(6-12)23(27,28)29)9-32-15-3-1-2-14(21(30)35)19(15)20-16(32)7-31-8-17(20)36-10-18(33)34/h1-8H,9-10H2,(H2,30,35)(H,33,34). The van der Waals surface area contributed by atoms with Gasteiger partial charge in [-0.15, -0.1) is 0 Å². The number of aliphatic carboxylic acids is 1. The Hall–Kier alpha value is -4.29. The number of amides is 1. The van der Waals surface area contributed by atoms with Crippen LogP contribution >= 0.6 is 0 Å². The van der Waals surface area contributed by atoms with E-state index in [1.54, 1.807) is 0 Å². The number of fused-ring (bicyclic) bond motifs is 3. The molecule has 3 N–H and O–H groups in total. The minimum atomic E-state index is -5.03. The summed E-state index contributed by atoms with van der Waals surface area (Å²) in [6.45, 7) is -1.24. The normalized spacial score (nSPS) is 12.3. The van der Waals surface area contributed by atoms with E-state index >= 15 is 0 Å². The number of nitrogens with zero attached hydrogens (tertiary/aromatic N) is 2. The van der Waals surface area contributed by atoms with Gasteiger partial charge in [-0.05, 0) is 35.9 Å². The number of carboxylic acid groups (broad SMARTS) is 1. The number of ether oxygens (including phenoxy) is 1. The highest BCUT2D eigenvalue weighted by molar-refractivity contribution is 6.19. The first-order valence-electron chi connectivity index (χ1n) is 10.1. The number of alkyl halides is 6. The first kappa shape index (κ1) is 24.8. The lowest BCUT2D eigenvalue weighted by molar-refractivity contribution is -0.143. The third-order valence-corrected chi connectivity index (χ3v) is 5.37. The van der Waals surface area contributed by atoms with E-state index in [1.165, 1.54) is 35.2 Å². The molecule has 2 aromatic heterocycles. The summed E-state index contributed by atoms with van der Waals surface area (Å²) < 4.78 is 86.8. The largest absolute Gasteiger partial charge is 0.480 e. The van der Waals surface area contributed by atoms with Gasteiger partial charge < -0.3 is 20.1 Å². The van der Waals surface area contributed by atoms with Crippen LogP contribution in [0, 0.1) is 0 Å². The van der Waals surface area contributed by atoms with Crippen LogP contribution < -0.4 is 10.5 Å². The van der Waals surface area contributed by atoms with Crippen molar-refractivity contribution in [3.8, 4) is 5.75 Å². The summed E-state index contributed by atoms with van der Waals surface area (Å²) in [5.74, 6) is -2.24. The van der Waals surface area contributed by atoms with Crippen LogP contribution in [0.5, 0.6) is 5.75 Å². The van der Waals surface area contributed by atoms with Crippen LogP contribution in [0.3, 0.4) is 0 Å². The fourth-order valence-corrected chi connectivity index (χ4v) is 3.96. The first-order chi connectivity index (χ1) is 16.8. The van der Waals surface area contributed by atoms with E-state index in [0.29, 0.717) is 12.1 Å². The van der Waals surface area contributed by atoms with Crippen molar-refractivity contribution in [2.75, 3.05) is 6.61 Å². The van der Waals surface area contributed by atoms with E-state index in [-0.39, 0.29) is 44.7 Å². The molecular formula is C23H15F6N3O4. The number of carboxylic acids is 1. The number of rotatable bonds is 6. The Morgan fingerprint density at radius 2 is 1.58 bits per heavy atom. The molecule has 0 fully saturated rings. The van der Waals surface area contributed by atoms with Crippen molar-refractivity contribution in [1.29, 1.82) is 0 Å². The SMILES string of the molecule is NC(=O)c1cccc2c1c1c(OCC(=O)O)cncc1n2Cc1cc(C(F)(F)F)cc(C(F)(F)F)c1. The number of carbonyl (C=O) groups excluding carboxylic acids is 1. The van der Waals surface area contributed by atoms with Crippen LogP contribution in [0.4, 0.5) is 26.3 Å². The molecule has 0 unspecified atom stereocenters. The minimum absolute atomic E-state index is 0.0114. The summed E-state index contributed by atoms with van der Waals surface area (Å²) in [6, 6.07) is 5.53. The molecular weight excluding hydrogens is 496 g/mol. The highest BCUT2D eigenvalue weighted by Crippen LogP contribution is 2.39. The van der Waals surface area contributed by atoms with Crippen molar-refractivity contribution in [2.24, 2.45) is 5.73 Å². The van der Waals surface area contributed by atoms with Gasteiger partial charge in [0.1, 0.15) is 5.75 Å². The molecule has 1 amide bonds. The second-order valence-corrected chi connectivity index (χ2v) is 7.78. The van der Waals surface area contributed by atoms with Gasteiger partial charge in [-0.3, -0.25) is 9.78 Å². The quantitative estimate of drug-likeness (QED) is 0.361. The maximum atomic E-state index is 13.4. The third-order valence-electron chi connectivity index (χ3n) is 5.37. The van der Waals surface area contributed by atoms with Crippen LogP contribution in [0.1, 0.15) is 27.0 Å². The molecule has 0 atom stereocenters. The number of pyridine rings is 1. The summed E-state index contributed by atoms with van der Waals surface area (Å²) >= 11 is 0. The Kier molecular flexibility index (Phi) is 6.02. The lowest BCUT2D eigenvalue weighted by Gasteiger charge is -2.15. The molecule has 188 valence electrons. The van der Waals surface area contributed by atoms with Crippen LogP contribution in [0.15, 0.2) is 48.8 Å². The van der Waals surface area contributed by atoms with Gasteiger partial charge >= 0.3 is 18.3 Å². The minimum Gasteiger partial charge on any atom is -0.480 e. The molecule has 4 aromatic rings. The van der Waals surface area contributed by atoms with Crippen molar-refractivity contribution in [3.63, 3.8) is 0 Å². The van der Waals surface area contributed by atoms with Crippen molar-refractivity contribution < 1.29 is 45.8 Å². The van der Waals surface area contributed by atoms with Crippen molar-refractivity contribution >= 4 is 33.7 Å². The average molecular weight is 511 g/mol. The first-order valence-corrected chi connectivity index (χ1v) is 10.1. The number of primary amides is 1. The molecule has 0 spiro atoms. The number of nitrogens with two attached hydrogens (primary N) is 1. The summed E-state index contributed by atoms with van der Waals surface area (Å²) in [4.78, 5) is 27.1. The lowest BCUT2D eigenvalue weighted by atomic mass is 10.0. The Morgan fingerprint density at radius 1 is 0.944 bits per heavy atom. The Morgan fingerprint density at radius 3 is 2.14 bits per heavy atom. The van der Waals surface area contributed by atoms with Crippen LogP contribution in [-0.2, 0) is 23.7 Å². The van der Waals surface area contributed by atoms with Crippen molar-refractivity contribution in [2.45, 2.75) is 18.9 Å². The highest BCUT2D eigenvalue weighted by Gasteiger charge is 2.37. The topological polar surface area (TPSA) is 107 Å². The van der Waals surface area contributed by atoms with Gasteiger partial charge in [0, 0.05) is 17.5 Å². The molecule has 0 saturated carbocycles. The smallest absolute Gasteiger partial charge is 0.416 e. The second kappa shape index (κ2) is 8.73. The predicted octanol–water partition coefficient (Wildman–Crippen LogP) is 4.84. The number of aromatic nitrogens is 2. The van der Waals surface area contributed by atoms with Gasteiger partial charge in [0.25, 0.3) is 0 Å². The number of hydrogen-bond donors (Lipinski definition) is 2. The van der Waals surface area contributed by atoms with Crippen LogP contribution in [0.25, 0.3) is 21.8 Å². The van der Waals surface area contributed by atoms with Gasteiger partial charge in [-0.1, -0.05) is 6.07 Å². The molecule has 0 radical (unpaired) electrons. The van der Waals surface area contributed by atoms with E-state index in [2.05, 4.69) is 4.98 Å². The molecule has 0 aliphatic carbocycles. The molecule has 0 bridgehead atoms. The monoisotopic (exact) mass is 511 g/mol. The van der Waals surface area contributed by atoms with Crippen molar-refractivity contribution in [1.82, 2.24) is 9.55 Å². The molecule has 4 rings (SSSR count). The zero-order valence-corrected chi connectivity index (χ0v) is 17.9. The second-order valence-electron chi connectivity index (χ2n) is 7.78. The van der Waals surface area contributed by atoms with E-state index < -0.39 is 48.5 Å². The van der Waals surface area contributed by atoms with Crippen LogP contribution in [0.2, 0.25) is 0 Å². The Balaban J connectivity index is 2.00. The van der Waals surface area contributed by atoms with Crippen LogP contribution in [-0.4, -0.2) is 33.1 Å². The van der Waals surface area contributed by atoms with E-state index in [9.17, 15) is 35.9 Å². The van der Waals surface area contributed by atoms with Crippen molar-refractivity contribution in [3.05, 3.63) is 71.0 Å². The van der Waals surface area contributed by atoms with Gasteiger partial charge in [-0.25, -0.2) is 4.79 Å². The summed E-state index contributed by atoms with van der Waals surface area (Å²) in [7, 11) is 0. The zero-order valence-electron chi connectivity index (χ0n) is 17.9. The van der Waals surface area contributed by atoms with E-state index in [0.717, 1.165) is 0 Å². The number of hydrogen-bond acceptors (Lipinski definition) is 4. The molecule has 36 heavy (non-hydrogen) atoms. The molecule has 0 saturated heterocycles. The third kappa shape index (κ3) is 4.63.